The second kappa shape index (κ2) is 6.74. The lowest BCUT2D eigenvalue weighted by Crippen LogP contribution is -2.33. The van der Waals surface area contributed by atoms with Gasteiger partial charge in [-0.05, 0) is 24.6 Å². The highest BCUT2D eigenvalue weighted by molar-refractivity contribution is 7.91. The summed E-state index contributed by atoms with van der Waals surface area (Å²) in [6.45, 7) is 0. The molecular weight excluding hydrogens is 371 g/mol. The molecule has 3 rings (SSSR count). The molecule has 1 aromatic carbocycles. The van der Waals surface area contributed by atoms with Crippen molar-refractivity contribution in [3.8, 4) is 0 Å². The summed E-state index contributed by atoms with van der Waals surface area (Å²) in [6, 6.07) is 6.82. The lowest BCUT2D eigenvalue weighted by atomic mass is 10.2. The molecule has 1 unspecified atom stereocenters. The molecule has 6 nitrogen and oxygen atoms in total. The van der Waals surface area contributed by atoms with E-state index < -0.39 is 9.84 Å². The number of halogens is 2. The highest BCUT2D eigenvalue weighted by Crippen LogP contribution is 2.29. The first kappa shape index (κ1) is 17.3. The Morgan fingerprint density at radius 1 is 1.25 bits per heavy atom. The molecule has 1 fully saturated rings. The normalized spacial score (nSPS) is 19.2. The molecule has 9 heteroatoms. The predicted molar refractivity (Wildman–Crippen MR) is 97.2 cm³/mol. The minimum atomic E-state index is -2.95. The van der Waals surface area contributed by atoms with Gasteiger partial charge in [-0.25, -0.2) is 18.4 Å². The smallest absolute Gasteiger partial charge is 0.152 e. The van der Waals surface area contributed by atoms with E-state index in [-0.39, 0.29) is 17.5 Å². The molecule has 24 heavy (non-hydrogen) atoms. The van der Waals surface area contributed by atoms with E-state index in [2.05, 4.69) is 15.3 Å². The van der Waals surface area contributed by atoms with Crippen LogP contribution in [0.2, 0.25) is 10.0 Å². The largest absolute Gasteiger partial charge is 0.355 e. The van der Waals surface area contributed by atoms with E-state index >= 15 is 0 Å². The lowest BCUT2D eigenvalue weighted by Gasteiger charge is -2.24. The fourth-order valence-electron chi connectivity index (χ4n) is 2.61. The second-order valence-corrected chi connectivity index (χ2v) is 8.75. The van der Waals surface area contributed by atoms with Crippen molar-refractivity contribution in [2.24, 2.45) is 0 Å². The summed E-state index contributed by atoms with van der Waals surface area (Å²) in [6.07, 6.45) is 2.04. The van der Waals surface area contributed by atoms with Gasteiger partial charge in [0.15, 0.2) is 9.84 Å². The number of nitrogens with one attached hydrogen (secondary N) is 1. The van der Waals surface area contributed by atoms with Crippen LogP contribution >= 0.6 is 23.2 Å². The molecule has 1 saturated heterocycles. The summed E-state index contributed by atoms with van der Waals surface area (Å²) in [5, 5.41) is 4.15. The van der Waals surface area contributed by atoms with E-state index in [4.69, 9.17) is 23.2 Å². The molecule has 0 spiro atoms. The Hall–Kier alpha value is -1.57. The Labute approximate surface area is 150 Å². The van der Waals surface area contributed by atoms with Crippen molar-refractivity contribution in [1.82, 2.24) is 9.97 Å². The van der Waals surface area contributed by atoms with E-state index in [1.165, 1.54) is 6.33 Å². The van der Waals surface area contributed by atoms with Gasteiger partial charge >= 0.3 is 0 Å². The zero-order valence-corrected chi connectivity index (χ0v) is 15.2. The van der Waals surface area contributed by atoms with Gasteiger partial charge in [0.1, 0.15) is 18.0 Å². The average molecular weight is 387 g/mol. The first-order valence-corrected chi connectivity index (χ1v) is 9.89. The third-order valence-corrected chi connectivity index (χ3v) is 6.26. The van der Waals surface area contributed by atoms with Crippen LogP contribution in [-0.4, -0.2) is 43.0 Å². The topological polar surface area (TPSA) is 75.2 Å². The van der Waals surface area contributed by atoms with Gasteiger partial charge in [-0.3, -0.25) is 0 Å². The van der Waals surface area contributed by atoms with E-state index in [0.29, 0.717) is 33.8 Å². The minimum absolute atomic E-state index is 0.0723. The number of rotatable bonds is 4. The number of benzene rings is 1. The van der Waals surface area contributed by atoms with Crippen molar-refractivity contribution in [2.75, 3.05) is 28.8 Å². The van der Waals surface area contributed by atoms with E-state index in [1.54, 1.807) is 24.3 Å². The van der Waals surface area contributed by atoms with Crippen LogP contribution in [0.4, 0.5) is 17.3 Å². The Morgan fingerprint density at radius 2 is 2.04 bits per heavy atom. The number of nitrogens with zero attached hydrogens (tertiary/aromatic N) is 3. The molecule has 0 radical (unpaired) electrons. The van der Waals surface area contributed by atoms with Gasteiger partial charge in [0.25, 0.3) is 0 Å². The van der Waals surface area contributed by atoms with Crippen LogP contribution in [0.25, 0.3) is 0 Å². The molecule has 2 heterocycles. The van der Waals surface area contributed by atoms with Gasteiger partial charge in [0.05, 0.1) is 22.2 Å². The number of anilines is 3. The third kappa shape index (κ3) is 3.91. The number of hydrogen-bond donors (Lipinski definition) is 1. The maximum atomic E-state index is 11.7. The molecule has 1 N–H and O–H groups in total. The van der Waals surface area contributed by atoms with Gasteiger partial charge in [0.2, 0.25) is 0 Å². The molecule has 2 aromatic rings. The number of hydrogen-bond acceptors (Lipinski definition) is 6. The van der Waals surface area contributed by atoms with Gasteiger partial charge < -0.3 is 10.2 Å². The van der Waals surface area contributed by atoms with Crippen LogP contribution in [0.1, 0.15) is 6.42 Å². The standard InChI is InChI=1S/C15H16Cl2N4O2S/c1-21(11-4-5-24(22,23)8-11)15-7-14(18-9-19-15)20-13-3-2-10(16)6-12(13)17/h2-3,6-7,9,11H,4-5,8H2,1H3,(H,18,19,20). The summed E-state index contributed by atoms with van der Waals surface area (Å²) >= 11 is 12.0. The maximum absolute atomic E-state index is 11.7. The SMILES string of the molecule is CN(c1cc(Nc2ccc(Cl)cc2Cl)ncn1)C1CCS(=O)(=O)C1. The zero-order chi connectivity index (χ0) is 17.3. The molecule has 1 atom stereocenters. The zero-order valence-electron chi connectivity index (χ0n) is 12.9. The summed E-state index contributed by atoms with van der Waals surface area (Å²) < 4.78 is 23.3. The van der Waals surface area contributed by atoms with Crippen LogP contribution in [-0.2, 0) is 9.84 Å². The molecule has 1 aliphatic heterocycles. The highest BCUT2D eigenvalue weighted by Gasteiger charge is 2.31. The Morgan fingerprint density at radius 3 is 2.71 bits per heavy atom. The van der Waals surface area contributed by atoms with Crippen LogP contribution in [0.15, 0.2) is 30.6 Å². The average Bonchev–Trinajstić information content (AvgIpc) is 2.90. The van der Waals surface area contributed by atoms with Crippen molar-refractivity contribution < 1.29 is 8.42 Å². The van der Waals surface area contributed by atoms with Crippen LogP contribution < -0.4 is 10.2 Å². The molecular formula is C15H16Cl2N4O2S. The maximum Gasteiger partial charge on any atom is 0.152 e. The monoisotopic (exact) mass is 386 g/mol. The Balaban J connectivity index is 1.79. The molecule has 1 aliphatic rings. The van der Waals surface area contributed by atoms with Crippen LogP contribution in [0, 0.1) is 0 Å². The van der Waals surface area contributed by atoms with Crippen molar-refractivity contribution in [1.29, 1.82) is 0 Å². The molecule has 0 amide bonds. The Bertz CT molecular complexity index is 860. The summed E-state index contributed by atoms with van der Waals surface area (Å²) in [4.78, 5) is 10.3. The van der Waals surface area contributed by atoms with Crippen molar-refractivity contribution in [3.05, 3.63) is 40.6 Å². The fourth-order valence-corrected chi connectivity index (χ4v) is 4.84. The first-order chi connectivity index (χ1) is 11.3. The van der Waals surface area contributed by atoms with Crippen LogP contribution in [0.3, 0.4) is 0 Å². The van der Waals surface area contributed by atoms with E-state index in [1.807, 2.05) is 11.9 Å². The van der Waals surface area contributed by atoms with Crippen molar-refractivity contribution in [3.63, 3.8) is 0 Å². The molecule has 128 valence electrons. The second-order valence-electron chi connectivity index (χ2n) is 5.68. The van der Waals surface area contributed by atoms with Gasteiger partial charge in [0, 0.05) is 24.2 Å². The van der Waals surface area contributed by atoms with Crippen molar-refractivity contribution in [2.45, 2.75) is 12.5 Å². The van der Waals surface area contributed by atoms with Gasteiger partial charge in [-0.2, -0.15) is 0 Å². The predicted octanol–water partition coefficient (Wildman–Crippen LogP) is 3.15. The number of sulfone groups is 1. The van der Waals surface area contributed by atoms with Gasteiger partial charge in [-0.1, -0.05) is 23.2 Å². The summed E-state index contributed by atoms with van der Waals surface area (Å²) in [5.41, 5.74) is 0.678. The van der Waals surface area contributed by atoms with Crippen molar-refractivity contribution >= 4 is 50.4 Å². The third-order valence-electron chi connectivity index (χ3n) is 3.96. The highest BCUT2D eigenvalue weighted by atomic mass is 35.5. The van der Waals surface area contributed by atoms with E-state index in [0.717, 1.165) is 0 Å². The fraction of sp³-hybridized carbons (Fsp3) is 0.333. The summed E-state index contributed by atoms with van der Waals surface area (Å²) in [7, 11) is -1.11. The van der Waals surface area contributed by atoms with E-state index in [9.17, 15) is 8.42 Å². The number of aromatic nitrogens is 2. The summed E-state index contributed by atoms with van der Waals surface area (Å²) in [5.74, 6) is 1.59. The molecule has 1 aromatic heterocycles. The lowest BCUT2D eigenvalue weighted by molar-refractivity contribution is 0.600. The van der Waals surface area contributed by atoms with Gasteiger partial charge in [-0.15, -0.1) is 0 Å². The molecule has 0 saturated carbocycles. The molecule has 0 aliphatic carbocycles. The van der Waals surface area contributed by atoms with Crippen LogP contribution in [0.5, 0.6) is 0 Å². The first-order valence-electron chi connectivity index (χ1n) is 7.31. The minimum Gasteiger partial charge on any atom is -0.355 e. The quantitative estimate of drug-likeness (QED) is 0.869. The Kier molecular flexibility index (Phi) is 4.85. The molecule has 0 bridgehead atoms.